The summed E-state index contributed by atoms with van der Waals surface area (Å²) in [5.74, 6) is 0. The molecule has 0 N–H and O–H groups in total. The Hall–Kier alpha value is -0.520. The molecule has 0 aromatic heterocycles. The summed E-state index contributed by atoms with van der Waals surface area (Å²) in [4.78, 5) is 0. The van der Waals surface area contributed by atoms with Gasteiger partial charge in [0.25, 0.3) is 0 Å². The molecule has 0 nitrogen and oxygen atoms in total. The van der Waals surface area contributed by atoms with Crippen molar-refractivity contribution in [3.63, 3.8) is 0 Å². The van der Waals surface area contributed by atoms with E-state index < -0.39 is 0 Å². The van der Waals surface area contributed by atoms with E-state index in [1.165, 1.54) is 16.7 Å². The van der Waals surface area contributed by atoms with E-state index in [0.29, 0.717) is 0 Å². The van der Waals surface area contributed by atoms with E-state index in [4.69, 9.17) is 0 Å². The molecule has 0 saturated carbocycles. The fraction of sp³-hybridized carbons (Fsp3) is 0.636. The largest absolute Gasteiger partial charge is 0.0950 e. The van der Waals surface area contributed by atoms with E-state index >= 15 is 0 Å². The van der Waals surface area contributed by atoms with Crippen LogP contribution in [0, 0.1) is 5.41 Å². The van der Waals surface area contributed by atoms with Crippen LogP contribution < -0.4 is 0 Å². The first kappa shape index (κ1) is 10.5. The van der Waals surface area contributed by atoms with Crippen LogP contribution in [0.3, 0.4) is 0 Å². The quantitative estimate of drug-likeness (QED) is 0.499. The predicted octanol–water partition coefficient (Wildman–Crippen LogP) is 3.95. The summed E-state index contributed by atoms with van der Waals surface area (Å²) in [5, 5.41) is 0. The highest BCUT2D eigenvalue weighted by atomic mass is 14.2. The molecule has 0 atom stereocenters. The molecule has 0 fully saturated rings. The molecule has 11 heavy (non-hydrogen) atoms. The Bertz CT molecular complexity index is 183. The summed E-state index contributed by atoms with van der Waals surface area (Å²) < 4.78 is 0. The first-order valence-corrected chi connectivity index (χ1v) is 4.10. The minimum atomic E-state index is 0.210. The van der Waals surface area contributed by atoms with Crippen LogP contribution in [-0.2, 0) is 0 Å². The average molecular weight is 152 g/mol. The van der Waals surface area contributed by atoms with Crippen molar-refractivity contribution in [2.24, 2.45) is 5.41 Å². The van der Waals surface area contributed by atoms with Gasteiger partial charge >= 0.3 is 0 Å². The molecule has 0 rings (SSSR count). The highest BCUT2D eigenvalue weighted by Crippen LogP contribution is 2.30. The molecule has 0 aliphatic carbocycles. The second-order valence-corrected chi connectivity index (χ2v) is 4.35. The minimum absolute atomic E-state index is 0.210. The number of allylic oxidation sites excluding steroid dienone is 3. The Balaban J connectivity index is 4.67. The van der Waals surface area contributed by atoms with Crippen molar-refractivity contribution in [3.8, 4) is 0 Å². The van der Waals surface area contributed by atoms with Gasteiger partial charge in [-0.15, -0.1) is 0 Å². The van der Waals surface area contributed by atoms with Gasteiger partial charge in [-0.3, -0.25) is 0 Å². The van der Waals surface area contributed by atoms with Crippen LogP contribution in [0.15, 0.2) is 23.3 Å². The first-order valence-electron chi connectivity index (χ1n) is 4.10. The van der Waals surface area contributed by atoms with E-state index in [1.54, 1.807) is 0 Å². The van der Waals surface area contributed by atoms with E-state index in [-0.39, 0.29) is 5.41 Å². The Labute approximate surface area is 71.0 Å². The number of rotatable bonds is 1. The molecule has 64 valence electrons. The van der Waals surface area contributed by atoms with Gasteiger partial charge in [-0.1, -0.05) is 32.9 Å². The van der Waals surface area contributed by atoms with Gasteiger partial charge < -0.3 is 0 Å². The van der Waals surface area contributed by atoms with Gasteiger partial charge in [-0.05, 0) is 37.3 Å². The zero-order valence-electron chi connectivity index (χ0n) is 8.71. The lowest BCUT2D eigenvalue weighted by Gasteiger charge is -2.23. The van der Waals surface area contributed by atoms with Crippen LogP contribution in [0.5, 0.6) is 0 Å². The molecular formula is C11H20. The molecule has 0 aliphatic rings. The Morgan fingerprint density at radius 3 is 1.45 bits per heavy atom. The first-order chi connectivity index (χ1) is 4.76. The number of hydrogen-bond acceptors (Lipinski definition) is 0. The van der Waals surface area contributed by atoms with Crippen LogP contribution >= 0.6 is 0 Å². The summed E-state index contributed by atoms with van der Waals surface area (Å²) in [6, 6.07) is 0. The van der Waals surface area contributed by atoms with Crippen LogP contribution in [-0.4, -0.2) is 0 Å². The lowest BCUT2D eigenvalue weighted by molar-refractivity contribution is 0.511. The molecular weight excluding hydrogens is 132 g/mol. The summed E-state index contributed by atoms with van der Waals surface area (Å²) in [5.41, 5.74) is 4.17. The van der Waals surface area contributed by atoms with Crippen molar-refractivity contribution in [1.82, 2.24) is 0 Å². The lowest BCUT2D eigenvalue weighted by atomic mass is 9.82. The van der Waals surface area contributed by atoms with Crippen LogP contribution in [0.2, 0.25) is 0 Å². The standard InChI is InChI=1S/C11H20/c1-8(2)9(3)10(4)11(5,6)7/h4H2,1-3,5-7H3. The maximum absolute atomic E-state index is 4.09. The maximum atomic E-state index is 4.09. The summed E-state index contributed by atoms with van der Waals surface area (Å²) >= 11 is 0. The highest BCUT2D eigenvalue weighted by molar-refractivity contribution is 5.33. The molecule has 0 bridgehead atoms. The topological polar surface area (TPSA) is 0 Å². The predicted molar refractivity (Wildman–Crippen MR) is 52.6 cm³/mol. The van der Waals surface area contributed by atoms with Crippen molar-refractivity contribution in [3.05, 3.63) is 23.3 Å². The zero-order chi connectivity index (χ0) is 9.23. The minimum Gasteiger partial charge on any atom is -0.0950 e. The molecule has 0 amide bonds. The van der Waals surface area contributed by atoms with Crippen LogP contribution in [0.4, 0.5) is 0 Å². The molecule has 0 unspecified atom stereocenters. The van der Waals surface area contributed by atoms with E-state index in [2.05, 4.69) is 48.1 Å². The van der Waals surface area contributed by atoms with Gasteiger partial charge in [0, 0.05) is 0 Å². The fourth-order valence-electron chi connectivity index (χ4n) is 0.864. The highest BCUT2D eigenvalue weighted by Gasteiger charge is 2.16. The van der Waals surface area contributed by atoms with E-state index in [1.807, 2.05) is 0 Å². The zero-order valence-corrected chi connectivity index (χ0v) is 8.71. The normalized spacial score (nSPS) is 11.1. The van der Waals surface area contributed by atoms with Gasteiger partial charge in [0.15, 0.2) is 0 Å². The summed E-state index contributed by atoms with van der Waals surface area (Å²) in [6.45, 7) is 17.1. The number of hydrogen-bond donors (Lipinski definition) is 0. The lowest BCUT2D eigenvalue weighted by Crippen LogP contribution is -2.09. The molecule has 0 aliphatic heterocycles. The van der Waals surface area contributed by atoms with Crippen molar-refractivity contribution in [2.75, 3.05) is 0 Å². The maximum Gasteiger partial charge on any atom is -0.0135 e. The molecule has 0 heterocycles. The summed E-state index contributed by atoms with van der Waals surface area (Å²) in [6.07, 6.45) is 0. The monoisotopic (exact) mass is 152 g/mol. The van der Waals surface area contributed by atoms with Gasteiger partial charge in [-0.25, -0.2) is 0 Å². The fourth-order valence-corrected chi connectivity index (χ4v) is 0.864. The Morgan fingerprint density at radius 1 is 1.00 bits per heavy atom. The molecule has 0 spiro atoms. The molecule has 0 saturated heterocycles. The smallest absolute Gasteiger partial charge is 0.0135 e. The van der Waals surface area contributed by atoms with Gasteiger partial charge in [0.1, 0.15) is 0 Å². The molecule has 0 radical (unpaired) electrons. The Kier molecular flexibility index (Phi) is 3.10. The van der Waals surface area contributed by atoms with Crippen molar-refractivity contribution < 1.29 is 0 Å². The molecule has 0 aromatic rings. The Morgan fingerprint density at radius 2 is 1.36 bits per heavy atom. The third kappa shape index (κ3) is 2.92. The van der Waals surface area contributed by atoms with Crippen molar-refractivity contribution in [1.29, 1.82) is 0 Å². The third-order valence-corrected chi connectivity index (χ3v) is 2.11. The van der Waals surface area contributed by atoms with Crippen LogP contribution in [0.25, 0.3) is 0 Å². The van der Waals surface area contributed by atoms with E-state index in [9.17, 15) is 0 Å². The molecule has 0 aromatic carbocycles. The van der Waals surface area contributed by atoms with E-state index in [0.717, 1.165) is 0 Å². The second kappa shape index (κ2) is 3.25. The second-order valence-electron chi connectivity index (χ2n) is 4.35. The summed E-state index contributed by atoms with van der Waals surface area (Å²) in [7, 11) is 0. The SMILES string of the molecule is C=C(C(C)=C(C)C)C(C)(C)C. The van der Waals surface area contributed by atoms with Crippen LogP contribution in [0.1, 0.15) is 41.5 Å². The van der Waals surface area contributed by atoms with Crippen molar-refractivity contribution >= 4 is 0 Å². The third-order valence-electron chi connectivity index (χ3n) is 2.11. The van der Waals surface area contributed by atoms with Gasteiger partial charge in [0.05, 0.1) is 0 Å². The van der Waals surface area contributed by atoms with Gasteiger partial charge in [0.2, 0.25) is 0 Å². The van der Waals surface area contributed by atoms with Crippen molar-refractivity contribution in [2.45, 2.75) is 41.5 Å². The van der Waals surface area contributed by atoms with Gasteiger partial charge in [-0.2, -0.15) is 0 Å². The average Bonchev–Trinajstić information content (AvgIpc) is 1.82. The molecule has 0 heteroatoms.